The van der Waals surface area contributed by atoms with Crippen LogP contribution in [0.1, 0.15) is 65.2 Å². The summed E-state index contributed by atoms with van der Waals surface area (Å²) < 4.78 is 1.80. The van der Waals surface area contributed by atoms with Gasteiger partial charge >= 0.3 is 0 Å². The van der Waals surface area contributed by atoms with Crippen molar-refractivity contribution in [2.45, 2.75) is 46.1 Å². The molecule has 0 aliphatic rings. The molecule has 0 radical (unpaired) electrons. The largest absolute Gasteiger partial charge is 0.343 e. The maximum atomic E-state index is 12.5. The number of thiazole rings is 1. The number of nitrogens with zero attached hydrogens (tertiary/aromatic N) is 3. The lowest BCUT2D eigenvalue weighted by atomic mass is 10.1. The van der Waals surface area contributed by atoms with Crippen LogP contribution < -0.4 is 5.32 Å². The Morgan fingerprint density at radius 3 is 2.67 bits per heavy atom. The van der Waals surface area contributed by atoms with E-state index >= 15 is 0 Å². The number of carbonyl (C=O) groups excluding carboxylic acids is 1. The fraction of sp³-hybridized carbons (Fsp3) is 0.533. The smallest absolute Gasteiger partial charge is 0.263 e. The summed E-state index contributed by atoms with van der Waals surface area (Å²) in [6, 6.07) is 1.90. The van der Waals surface area contributed by atoms with Crippen molar-refractivity contribution in [3.05, 3.63) is 33.5 Å². The topological polar surface area (TPSA) is 59.8 Å². The van der Waals surface area contributed by atoms with Crippen molar-refractivity contribution in [1.29, 1.82) is 0 Å². The van der Waals surface area contributed by atoms with E-state index in [1.54, 1.807) is 10.9 Å². The van der Waals surface area contributed by atoms with Crippen molar-refractivity contribution in [1.82, 2.24) is 20.1 Å². The van der Waals surface area contributed by atoms with Crippen molar-refractivity contribution in [3.8, 4) is 0 Å². The molecule has 5 nitrogen and oxygen atoms in total. The normalized spacial score (nSPS) is 12.7. The molecule has 0 aliphatic carbocycles. The summed E-state index contributed by atoms with van der Waals surface area (Å²) in [5, 5.41) is 8.26. The van der Waals surface area contributed by atoms with E-state index in [0.29, 0.717) is 10.8 Å². The van der Waals surface area contributed by atoms with Crippen LogP contribution in [0.15, 0.2) is 12.3 Å². The molecule has 6 heteroatoms. The zero-order valence-electron chi connectivity index (χ0n) is 13.2. The van der Waals surface area contributed by atoms with Gasteiger partial charge in [-0.15, -0.1) is 11.3 Å². The molecule has 0 unspecified atom stereocenters. The van der Waals surface area contributed by atoms with Gasteiger partial charge in [0.2, 0.25) is 0 Å². The van der Waals surface area contributed by atoms with Gasteiger partial charge in [0.15, 0.2) is 0 Å². The van der Waals surface area contributed by atoms with Crippen LogP contribution in [-0.2, 0) is 7.05 Å². The van der Waals surface area contributed by atoms with Gasteiger partial charge in [0, 0.05) is 19.2 Å². The summed E-state index contributed by atoms with van der Waals surface area (Å²) >= 11 is 1.48. The van der Waals surface area contributed by atoms with Crippen molar-refractivity contribution in [2.75, 3.05) is 0 Å². The van der Waals surface area contributed by atoms with Gasteiger partial charge in [0.05, 0.1) is 22.4 Å². The van der Waals surface area contributed by atoms with Crippen LogP contribution in [0.5, 0.6) is 0 Å². The molecule has 2 aromatic rings. The fourth-order valence-corrected chi connectivity index (χ4v) is 3.18. The Balaban J connectivity index is 2.19. The van der Waals surface area contributed by atoms with E-state index in [4.69, 9.17) is 0 Å². The lowest BCUT2D eigenvalue weighted by Crippen LogP contribution is -2.29. The Morgan fingerprint density at radius 1 is 1.48 bits per heavy atom. The molecule has 2 rings (SSSR count). The predicted octanol–water partition coefficient (Wildman–Crippen LogP) is 3.19. The van der Waals surface area contributed by atoms with Gasteiger partial charge in [-0.25, -0.2) is 4.98 Å². The molecule has 0 aliphatic heterocycles. The van der Waals surface area contributed by atoms with Gasteiger partial charge in [-0.3, -0.25) is 9.48 Å². The minimum atomic E-state index is -0.0510. The molecule has 1 atom stereocenters. The molecule has 0 fully saturated rings. The Morgan fingerprint density at radius 2 is 2.19 bits per heavy atom. The second-order valence-corrected chi connectivity index (χ2v) is 6.47. The standard InChI is InChI=1S/C15H22N4OS/c1-6-11(12-7-8-16-19(12)5)18-14(20)13-10(4)17-15(21-13)9(2)3/h7-9,11H,6H2,1-5H3,(H,18,20)/t11-/m0/s1. The number of nitrogens with one attached hydrogen (secondary N) is 1. The van der Waals surface area contributed by atoms with E-state index in [-0.39, 0.29) is 11.9 Å². The molecule has 2 heterocycles. The van der Waals surface area contributed by atoms with Crippen molar-refractivity contribution < 1.29 is 4.79 Å². The van der Waals surface area contributed by atoms with E-state index in [9.17, 15) is 4.79 Å². The number of rotatable bonds is 5. The molecule has 0 spiro atoms. The third-order valence-electron chi connectivity index (χ3n) is 3.44. The molecule has 0 bridgehead atoms. The highest BCUT2D eigenvalue weighted by Crippen LogP contribution is 2.25. The molecule has 21 heavy (non-hydrogen) atoms. The summed E-state index contributed by atoms with van der Waals surface area (Å²) in [5.41, 5.74) is 1.82. The monoisotopic (exact) mass is 306 g/mol. The van der Waals surface area contributed by atoms with E-state index in [2.05, 4.69) is 36.2 Å². The molecule has 0 aromatic carbocycles. The second-order valence-electron chi connectivity index (χ2n) is 5.44. The van der Waals surface area contributed by atoms with Gasteiger partial charge < -0.3 is 5.32 Å². The quantitative estimate of drug-likeness (QED) is 0.923. The van der Waals surface area contributed by atoms with Crippen LogP contribution in [0.3, 0.4) is 0 Å². The van der Waals surface area contributed by atoms with Crippen molar-refractivity contribution in [2.24, 2.45) is 7.05 Å². The van der Waals surface area contributed by atoms with Crippen LogP contribution in [0.25, 0.3) is 0 Å². The number of hydrogen-bond donors (Lipinski definition) is 1. The number of aryl methyl sites for hydroxylation is 2. The van der Waals surface area contributed by atoms with Crippen LogP contribution in [0.4, 0.5) is 0 Å². The number of amides is 1. The first-order chi connectivity index (χ1) is 9.93. The van der Waals surface area contributed by atoms with Crippen molar-refractivity contribution in [3.63, 3.8) is 0 Å². The zero-order chi connectivity index (χ0) is 15.6. The number of hydrogen-bond acceptors (Lipinski definition) is 4. The van der Waals surface area contributed by atoms with Gasteiger partial charge in [0.25, 0.3) is 5.91 Å². The highest BCUT2D eigenvalue weighted by atomic mass is 32.1. The van der Waals surface area contributed by atoms with Crippen LogP contribution in [-0.4, -0.2) is 20.7 Å². The maximum Gasteiger partial charge on any atom is 0.263 e. The average Bonchev–Trinajstić information content (AvgIpc) is 3.02. The first-order valence-electron chi connectivity index (χ1n) is 7.20. The van der Waals surface area contributed by atoms with Crippen LogP contribution >= 0.6 is 11.3 Å². The summed E-state index contributed by atoms with van der Waals surface area (Å²) in [6.45, 7) is 8.12. The molecule has 0 saturated carbocycles. The SMILES string of the molecule is CC[C@H](NC(=O)c1sc(C(C)C)nc1C)c1ccnn1C. The highest BCUT2D eigenvalue weighted by molar-refractivity contribution is 7.13. The number of carbonyl (C=O) groups is 1. The Bertz CT molecular complexity index is 629. The maximum absolute atomic E-state index is 12.5. The van der Waals surface area contributed by atoms with Gasteiger partial charge in [-0.05, 0) is 19.4 Å². The Hall–Kier alpha value is -1.69. The van der Waals surface area contributed by atoms with Crippen LogP contribution in [0.2, 0.25) is 0 Å². The minimum Gasteiger partial charge on any atom is -0.343 e. The summed E-state index contributed by atoms with van der Waals surface area (Å²) in [7, 11) is 1.89. The fourth-order valence-electron chi connectivity index (χ4n) is 2.21. The second kappa shape index (κ2) is 6.39. The Kier molecular flexibility index (Phi) is 4.77. The molecule has 0 saturated heterocycles. The molecule has 2 aromatic heterocycles. The first-order valence-corrected chi connectivity index (χ1v) is 8.01. The van der Waals surface area contributed by atoms with Gasteiger partial charge in [-0.2, -0.15) is 5.10 Å². The van der Waals surface area contributed by atoms with Crippen LogP contribution in [0, 0.1) is 6.92 Å². The lowest BCUT2D eigenvalue weighted by molar-refractivity contribution is 0.0937. The van der Waals surface area contributed by atoms with Crippen molar-refractivity contribution >= 4 is 17.2 Å². The van der Waals surface area contributed by atoms with E-state index in [1.165, 1.54) is 11.3 Å². The van der Waals surface area contributed by atoms with Gasteiger partial charge in [0.1, 0.15) is 4.88 Å². The molecule has 114 valence electrons. The zero-order valence-corrected chi connectivity index (χ0v) is 14.0. The third-order valence-corrected chi connectivity index (χ3v) is 4.90. The Labute approximate surface area is 129 Å². The summed E-state index contributed by atoms with van der Waals surface area (Å²) in [4.78, 5) is 17.7. The molecule has 1 amide bonds. The predicted molar refractivity (Wildman–Crippen MR) is 84.6 cm³/mol. The van der Waals surface area contributed by atoms with Gasteiger partial charge in [-0.1, -0.05) is 20.8 Å². The van der Waals surface area contributed by atoms with E-state index < -0.39 is 0 Å². The minimum absolute atomic E-state index is 0.0333. The average molecular weight is 306 g/mol. The van der Waals surface area contributed by atoms with E-state index in [1.807, 2.05) is 20.0 Å². The molecular weight excluding hydrogens is 284 g/mol. The summed E-state index contributed by atoms with van der Waals surface area (Å²) in [6.07, 6.45) is 2.57. The number of aromatic nitrogens is 3. The first kappa shape index (κ1) is 15.7. The molecular formula is C15H22N4OS. The third kappa shape index (κ3) is 3.32. The highest BCUT2D eigenvalue weighted by Gasteiger charge is 2.21. The molecule has 1 N–H and O–H groups in total. The van der Waals surface area contributed by atoms with E-state index in [0.717, 1.165) is 22.8 Å². The lowest BCUT2D eigenvalue weighted by Gasteiger charge is -2.16. The summed E-state index contributed by atoms with van der Waals surface area (Å²) in [5.74, 6) is 0.291.